The third kappa shape index (κ3) is 10.6. The summed E-state index contributed by atoms with van der Waals surface area (Å²) < 4.78 is 15.9. The number of rotatable bonds is 6. The number of aliphatic hydroxyl groups is 1. The zero-order valence-corrected chi connectivity index (χ0v) is 12.3. The van der Waals surface area contributed by atoms with Crippen molar-refractivity contribution in [2.75, 3.05) is 23.7 Å². The number of aliphatic hydroxyl groups excluding tert-OH is 1. The summed E-state index contributed by atoms with van der Waals surface area (Å²) in [5, 5.41) is 12.1. The predicted molar refractivity (Wildman–Crippen MR) is 71.6 cm³/mol. The molecule has 0 aromatic rings. The van der Waals surface area contributed by atoms with Crippen molar-refractivity contribution in [3.05, 3.63) is 0 Å². The maximum atomic E-state index is 11.4. The lowest BCUT2D eigenvalue weighted by Gasteiger charge is -2.22. The molecule has 5 nitrogen and oxygen atoms in total. The first-order chi connectivity index (χ1) is 7.74. The van der Waals surface area contributed by atoms with E-state index in [1.807, 2.05) is 0 Å². The van der Waals surface area contributed by atoms with Gasteiger partial charge in [-0.05, 0) is 20.8 Å². The van der Waals surface area contributed by atoms with Gasteiger partial charge in [-0.25, -0.2) is 4.79 Å². The SMILES string of the molecule is CS(=O)CSC[C@H](CO)NC(=O)OC(C)(C)C. The normalized spacial score (nSPS) is 15.1. The number of hydrogen-bond donors (Lipinski definition) is 2. The first-order valence-corrected chi connectivity index (χ1v) is 8.11. The van der Waals surface area contributed by atoms with E-state index in [0.29, 0.717) is 10.8 Å². The lowest BCUT2D eigenvalue weighted by atomic mass is 10.2. The molecule has 0 rings (SSSR count). The number of carbonyl (C=O) groups is 1. The van der Waals surface area contributed by atoms with Gasteiger partial charge in [-0.2, -0.15) is 0 Å². The molecular weight excluding hydrogens is 262 g/mol. The molecule has 1 unspecified atom stereocenters. The van der Waals surface area contributed by atoms with Gasteiger partial charge in [0.2, 0.25) is 0 Å². The molecule has 0 aromatic carbocycles. The Hall–Kier alpha value is -0.270. The Morgan fingerprint density at radius 3 is 2.53 bits per heavy atom. The zero-order chi connectivity index (χ0) is 13.5. The summed E-state index contributed by atoms with van der Waals surface area (Å²) in [4.78, 5) is 11.4. The second-order valence-electron chi connectivity index (χ2n) is 4.59. The molecule has 2 N–H and O–H groups in total. The van der Waals surface area contributed by atoms with Gasteiger partial charge in [-0.1, -0.05) is 0 Å². The highest BCUT2D eigenvalue weighted by Gasteiger charge is 2.19. The minimum absolute atomic E-state index is 0.164. The van der Waals surface area contributed by atoms with E-state index in [2.05, 4.69) is 5.32 Å². The average Bonchev–Trinajstić information content (AvgIpc) is 2.12. The van der Waals surface area contributed by atoms with Crippen LogP contribution in [0.5, 0.6) is 0 Å². The minimum Gasteiger partial charge on any atom is -0.444 e. The van der Waals surface area contributed by atoms with Crippen molar-refractivity contribution in [3.63, 3.8) is 0 Å². The Bertz CT molecular complexity index is 266. The molecule has 7 heteroatoms. The van der Waals surface area contributed by atoms with E-state index in [1.54, 1.807) is 27.0 Å². The summed E-state index contributed by atoms with van der Waals surface area (Å²) in [5.74, 6) is 0.509. The van der Waals surface area contributed by atoms with Gasteiger partial charge in [0.25, 0.3) is 0 Å². The molecule has 0 aromatic heterocycles. The van der Waals surface area contributed by atoms with E-state index in [1.165, 1.54) is 11.8 Å². The number of carbonyl (C=O) groups excluding carboxylic acids is 1. The van der Waals surface area contributed by atoms with E-state index >= 15 is 0 Å². The summed E-state index contributed by atoms with van der Waals surface area (Å²) in [5.41, 5.74) is -0.553. The third-order valence-corrected chi connectivity index (χ3v) is 4.14. The van der Waals surface area contributed by atoms with Gasteiger partial charge < -0.3 is 15.2 Å². The lowest BCUT2D eigenvalue weighted by molar-refractivity contribution is 0.0491. The van der Waals surface area contributed by atoms with Gasteiger partial charge in [0.05, 0.1) is 17.7 Å². The molecule has 0 aliphatic heterocycles. The standard InChI is InChI=1S/C10H21NO4S2/c1-10(2,3)15-9(13)11-8(5-12)6-16-7-17(4)14/h8,12H,5-7H2,1-4H3,(H,11,13)/t8-,17?/m0/s1. The maximum absolute atomic E-state index is 11.4. The summed E-state index contributed by atoms with van der Waals surface area (Å²) >= 11 is 1.42. The van der Waals surface area contributed by atoms with Crippen molar-refractivity contribution in [3.8, 4) is 0 Å². The Labute approximate surface area is 109 Å². The molecule has 0 radical (unpaired) electrons. The van der Waals surface area contributed by atoms with Gasteiger partial charge in [-0.3, -0.25) is 4.21 Å². The molecule has 102 valence electrons. The van der Waals surface area contributed by atoms with E-state index in [-0.39, 0.29) is 12.6 Å². The number of thioether (sulfide) groups is 1. The van der Waals surface area contributed by atoms with Crippen molar-refractivity contribution in [2.24, 2.45) is 0 Å². The van der Waals surface area contributed by atoms with Crippen LogP contribution in [0.2, 0.25) is 0 Å². The fourth-order valence-electron chi connectivity index (χ4n) is 0.922. The van der Waals surface area contributed by atoms with Crippen LogP contribution in [-0.2, 0) is 15.5 Å². The second-order valence-corrected chi connectivity index (χ2v) is 7.42. The Morgan fingerprint density at radius 2 is 2.12 bits per heavy atom. The number of ether oxygens (including phenoxy) is 1. The topological polar surface area (TPSA) is 75.6 Å². The van der Waals surface area contributed by atoms with E-state index in [9.17, 15) is 9.00 Å². The van der Waals surface area contributed by atoms with Crippen LogP contribution in [0, 0.1) is 0 Å². The third-order valence-electron chi connectivity index (χ3n) is 1.51. The fourth-order valence-corrected chi connectivity index (χ4v) is 2.72. The molecule has 0 saturated carbocycles. The number of amides is 1. The van der Waals surface area contributed by atoms with Gasteiger partial charge in [-0.15, -0.1) is 11.8 Å². The second kappa shape index (κ2) is 7.94. The van der Waals surface area contributed by atoms with Crippen molar-refractivity contribution < 1.29 is 18.8 Å². The molecule has 0 fully saturated rings. The van der Waals surface area contributed by atoms with Gasteiger partial charge in [0, 0.05) is 22.8 Å². The van der Waals surface area contributed by atoms with Crippen molar-refractivity contribution in [2.45, 2.75) is 32.4 Å². The summed E-state index contributed by atoms with van der Waals surface area (Å²) in [6.07, 6.45) is 1.07. The van der Waals surface area contributed by atoms with E-state index < -0.39 is 22.5 Å². The maximum Gasteiger partial charge on any atom is 0.407 e. The highest BCUT2D eigenvalue weighted by Crippen LogP contribution is 2.08. The monoisotopic (exact) mass is 283 g/mol. The zero-order valence-electron chi connectivity index (χ0n) is 10.7. The molecule has 0 heterocycles. The summed E-state index contributed by atoms with van der Waals surface area (Å²) in [7, 11) is -0.875. The van der Waals surface area contributed by atoms with Crippen LogP contribution in [0.3, 0.4) is 0 Å². The first-order valence-electron chi connectivity index (χ1n) is 5.22. The van der Waals surface area contributed by atoms with Crippen LogP contribution < -0.4 is 5.32 Å². The molecular formula is C10H21NO4S2. The smallest absolute Gasteiger partial charge is 0.407 e. The molecule has 0 spiro atoms. The molecule has 1 amide bonds. The van der Waals surface area contributed by atoms with Crippen molar-refractivity contribution >= 4 is 28.7 Å². The summed E-state index contributed by atoms with van der Waals surface area (Å²) in [6, 6.07) is -0.376. The van der Waals surface area contributed by atoms with Crippen LogP contribution in [0.25, 0.3) is 0 Å². The number of alkyl carbamates (subject to hydrolysis) is 1. The minimum atomic E-state index is -0.875. The molecule has 0 bridgehead atoms. The van der Waals surface area contributed by atoms with Gasteiger partial charge in [0.15, 0.2) is 0 Å². The lowest BCUT2D eigenvalue weighted by Crippen LogP contribution is -2.42. The highest BCUT2D eigenvalue weighted by atomic mass is 32.2. The Kier molecular flexibility index (Phi) is 7.82. The number of nitrogens with one attached hydrogen (secondary N) is 1. The molecule has 0 aliphatic rings. The van der Waals surface area contributed by atoms with Crippen LogP contribution in [-0.4, -0.2) is 50.8 Å². The Morgan fingerprint density at radius 1 is 1.53 bits per heavy atom. The summed E-state index contributed by atoms with van der Waals surface area (Å²) in [6.45, 7) is 5.16. The van der Waals surface area contributed by atoms with Gasteiger partial charge in [0.1, 0.15) is 5.60 Å². The quantitative estimate of drug-likeness (QED) is 0.759. The largest absolute Gasteiger partial charge is 0.444 e. The van der Waals surface area contributed by atoms with Crippen molar-refractivity contribution in [1.29, 1.82) is 0 Å². The fraction of sp³-hybridized carbons (Fsp3) is 0.900. The highest BCUT2D eigenvalue weighted by molar-refractivity contribution is 8.10. The van der Waals surface area contributed by atoms with Crippen LogP contribution in [0.15, 0.2) is 0 Å². The predicted octanol–water partition coefficient (Wildman–Crippen LogP) is 0.941. The molecule has 0 saturated heterocycles. The molecule has 17 heavy (non-hydrogen) atoms. The van der Waals surface area contributed by atoms with Crippen molar-refractivity contribution in [1.82, 2.24) is 5.32 Å². The molecule has 0 aliphatic carbocycles. The average molecular weight is 283 g/mol. The number of hydrogen-bond acceptors (Lipinski definition) is 5. The van der Waals surface area contributed by atoms with Gasteiger partial charge >= 0.3 is 6.09 Å². The van der Waals surface area contributed by atoms with Crippen LogP contribution in [0.4, 0.5) is 4.79 Å². The van der Waals surface area contributed by atoms with E-state index in [4.69, 9.17) is 9.84 Å². The Balaban J connectivity index is 3.95. The first kappa shape index (κ1) is 16.7. The van der Waals surface area contributed by atoms with E-state index in [0.717, 1.165) is 0 Å². The molecule has 2 atom stereocenters. The van der Waals surface area contributed by atoms with Crippen LogP contribution in [0.1, 0.15) is 20.8 Å². The van der Waals surface area contributed by atoms with Crippen LogP contribution >= 0.6 is 11.8 Å².